The number of hydrogen-bond donors (Lipinski definition) is 1. The number of ether oxygens (including phenoxy) is 1. The highest BCUT2D eigenvalue weighted by atomic mass is 16.5. The lowest BCUT2D eigenvalue weighted by Crippen LogP contribution is -2.41. The molecule has 0 saturated heterocycles. The van der Waals surface area contributed by atoms with Gasteiger partial charge in [0.15, 0.2) is 0 Å². The molecule has 0 aliphatic carbocycles. The average molecular weight is 288 g/mol. The van der Waals surface area contributed by atoms with Gasteiger partial charge in [0.25, 0.3) is 0 Å². The summed E-state index contributed by atoms with van der Waals surface area (Å²) in [6.07, 6.45) is 0. The molecule has 1 atom stereocenters. The van der Waals surface area contributed by atoms with Crippen molar-refractivity contribution in [3.63, 3.8) is 0 Å². The predicted octanol–water partition coefficient (Wildman–Crippen LogP) is 3.90. The van der Waals surface area contributed by atoms with Gasteiger partial charge in [-0.1, -0.05) is 53.7 Å². The highest BCUT2D eigenvalue weighted by Crippen LogP contribution is 2.35. The minimum atomic E-state index is -0.974. The molecule has 0 radical (unpaired) electrons. The van der Waals surface area contributed by atoms with Crippen LogP contribution in [0.25, 0.3) is 0 Å². The van der Waals surface area contributed by atoms with Crippen LogP contribution < -0.4 is 10.5 Å². The second kappa shape index (κ2) is 5.69. The monoisotopic (exact) mass is 288 g/mol. The molecule has 21 heavy (non-hydrogen) atoms. The van der Waals surface area contributed by atoms with Crippen molar-refractivity contribution in [2.45, 2.75) is 64.8 Å². The molecule has 0 amide bonds. The van der Waals surface area contributed by atoms with Crippen molar-refractivity contribution in [3.8, 4) is 11.8 Å². The molecule has 0 aliphatic rings. The van der Waals surface area contributed by atoms with Crippen molar-refractivity contribution in [3.05, 3.63) is 29.3 Å². The fourth-order valence-corrected chi connectivity index (χ4v) is 1.97. The maximum atomic E-state index is 9.00. The third-order valence-corrected chi connectivity index (χ3v) is 3.44. The number of nitrogens with zero attached hydrogens (tertiary/aromatic N) is 1. The van der Waals surface area contributed by atoms with Crippen LogP contribution in [0, 0.1) is 11.3 Å². The average Bonchev–Trinajstić information content (AvgIpc) is 2.34. The molecule has 0 spiro atoms. The number of benzene rings is 1. The number of rotatable bonds is 3. The Hall–Kier alpha value is -1.53. The third-order valence-electron chi connectivity index (χ3n) is 3.44. The van der Waals surface area contributed by atoms with E-state index < -0.39 is 5.54 Å². The Morgan fingerprint density at radius 1 is 1.05 bits per heavy atom. The van der Waals surface area contributed by atoms with Gasteiger partial charge in [0.05, 0.1) is 6.07 Å². The lowest BCUT2D eigenvalue weighted by molar-refractivity contribution is 0.258. The fraction of sp³-hybridized carbons (Fsp3) is 0.611. The van der Waals surface area contributed by atoms with E-state index >= 15 is 0 Å². The van der Waals surface area contributed by atoms with Gasteiger partial charge in [0, 0.05) is 0 Å². The van der Waals surface area contributed by atoms with Crippen molar-refractivity contribution < 1.29 is 4.74 Å². The minimum absolute atomic E-state index is 0.0335. The summed E-state index contributed by atoms with van der Waals surface area (Å²) < 4.78 is 5.84. The zero-order chi connectivity index (χ0) is 16.5. The summed E-state index contributed by atoms with van der Waals surface area (Å²) in [5, 5.41) is 9.00. The number of nitriles is 1. The highest BCUT2D eigenvalue weighted by molar-refractivity contribution is 5.43. The van der Waals surface area contributed by atoms with Gasteiger partial charge in [-0.3, -0.25) is 0 Å². The highest BCUT2D eigenvalue weighted by Gasteiger charge is 2.25. The van der Waals surface area contributed by atoms with Gasteiger partial charge in [0.1, 0.15) is 17.9 Å². The Labute approximate surface area is 129 Å². The molecule has 0 aliphatic heterocycles. The van der Waals surface area contributed by atoms with E-state index in [2.05, 4.69) is 59.7 Å². The molecular formula is C18H28N2O. The van der Waals surface area contributed by atoms with Gasteiger partial charge in [-0.25, -0.2) is 0 Å². The molecule has 1 rings (SSSR count). The van der Waals surface area contributed by atoms with E-state index in [1.165, 1.54) is 5.56 Å². The summed E-state index contributed by atoms with van der Waals surface area (Å²) in [5.74, 6) is 0.808. The van der Waals surface area contributed by atoms with Crippen molar-refractivity contribution in [2.75, 3.05) is 6.61 Å². The largest absolute Gasteiger partial charge is 0.490 e. The van der Waals surface area contributed by atoms with Gasteiger partial charge in [-0.05, 0) is 34.9 Å². The van der Waals surface area contributed by atoms with Crippen LogP contribution in [0.2, 0.25) is 0 Å². The number of nitrogens with two attached hydrogens (primary N) is 1. The Kier molecular flexibility index (Phi) is 4.75. The van der Waals surface area contributed by atoms with E-state index in [9.17, 15) is 0 Å². The normalized spacial score (nSPS) is 15.2. The van der Waals surface area contributed by atoms with Crippen LogP contribution in [0.5, 0.6) is 5.75 Å². The molecule has 2 N–H and O–H groups in total. The van der Waals surface area contributed by atoms with Crippen LogP contribution in [0.3, 0.4) is 0 Å². The van der Waals surface area contributed by atoms with E-state index in [1.54, 1.807) is 6.92 Å². The topological polar surface area (TPSA) is 59.0 Å². The lowest BCUT2D eigenvalue weighted by Gasteiger charge is -2.28. The van der Waals surface area contributed by atoms with E-state index in [-0.39, 0.29) is 17.4 Å². The van der Waals surface area contributed by atoms with E-state index in [0.717, 1.165) is 11.3 Å². The second-order valence-electron chi connectivity index (χ2n) is 8.03. The van der Waals surface area contributed by atoms with Crippen molar-refractivity contribution in [1.82, 2.24) is 0 Å². The van der Waals surface area contributed by atoms with Gasteiger partial charge < -0.3 is 10.5 Å². The van der Waals surface area contributed by atoms with Crippen LogP contribution in [-0.2, 0) is 10.8 Å². The van der Waals surface area contributed by atoms with Crippen molar-refractivity contribution in [1.29, 1.82) is 5.26 Å². The summed E-state index contributed by atoms with van der Waals surface area (Å²) in [6, 6.07) is 8.34. The van der Waals surface area contributed by atoms with Crippen LogP contribution in [-0.4, -0.2) is 12.1 Å². The molecule has 0 saturated carbocycles. The van der Waals surface area contributed by atoms with Gasteiger partial charge in [0.2, 0.25) is 0 Å². The van der Waals surface area contributed by atoms with Gasteiger partial charge in [-0.2, -0.15) is 5.26 Å². The summed E-state index contributed by atoms with van der Waals surface area (Å²) in [5.41, 5.74) is 7.33. The molecule has 1 aromatic rings. The third kappa shape index (κ3) is 4.75. The van der Waals surface area contributed by atoms with Crippen LogP contribution in [0.1, 0.15) is 59.6 Å². The van der Waals surface area contributed by atoms with Gasteiger partial charge in [-0.15, -0.1) is 0 Å². The molecule has 1 unspecified atom stereocenters. The van der Waals surface area contributed by atoms with Crippen LogP contribution in [0.4, 0.5) is 0 Å². The minimum Gasteiger partial charge on any atom is -0.490 e. The summed E-state index contributed by atoms with van der Waals surface area (Å²) in [6.45, 7) is 14.9. The maximum absolute atomic E-state index is 9.00. The first-order valence-corrected chi connectivity index (χ1v) is 7.35. The first-order chi connectivity index (χ1) is 9.37. The zero-order valence-corrected chi connectivity index (χ0v) is 14.4. The van der Waals surface area contributed by atoms with E-state index in [4.69, 9.17) is 15.7 Å². The van der Waals surface area contributed by atoms with Crippen LogP contribution >= 0.6 is 0 Å². The molecule has 0 fully saturated rings. The Morgan fingerprint density at radius 3 is 2.05 bits per heavy atom. The molecule has 1 aromatic carbocycles. The molecule has 116 valence electrons. The van der Waals surface area contributed by atoms with Crippen LogP contribution in [0.15, 0.2) is 18.2 Å². The second-order valence-corrected chi connectivity index (χ2v) is 8.03. The maximum Gasteiger partial charge on any atom is 0.135 e. The molecule has 0 bridgehead atoms. The first kappa shape index (κ1) is 17.5. The molecule has 3 heteroatoms. The van der Waals surface area contributed by atoms with Crippen molar-refractivity contribution >= 4 is 0 Å². The lowest BCUT2D eigenvalue weighted by atomic mass is 9.80. The molecule has 0 aromatic heterocycles. The Bertz CT molecular complexity index is 540. The first-order valence-electron chi connectivity index (χ1n) is 7.35. The molecule has 0 heterocycles. The SMILES string of the molecule is CC(N)(C#N)COc1ccc(C(C)(C)C)cc1C(C)(C)C. The Balaban J connectivity index is 3.19. The summed E-state index contributed by atoms with van der Waals surface area (Å²) >= 11 is 0. The molecule has 3 nitrogen and oxygen atoms in total. The fourth-order valence-electron chi connectivity index (χ4n) is 1.97. The Morgan fingerprint density at radius 2 is 1.62 bits per heavy atom. The van der Waals surface area contributed by atoms with Gasteiger partial charge >= 0.3 is 0 Å². The van der Waals surface area contributed by atoms with Crippen molar-refractivity contribution in [2.24, 2.45) is 5.73 Å². The van der Waals surface area contributed by atoms with E-state index in [1.807, 2.05) is 6.07 Å². The number of hydrogen-bond acceptors (Lipinski definition) is 3. The quantitative estimate of drug-likeness (QED) is 0.917. The summed E-state index contributed by atoms with van der Waals surface area (Å²) in [4.78, 5) is 0. The smallest absolute Gasteiger partial charge is 0.135 e. The standard InChI is InChI=1S/C18H28N2O/c1-16(2,3)13-8-9-15(14(10-13)17(4,5)6)21-12-18(7,20)11-19/h8-10H,12,20H2,1-7H3. The van der Waals surface area contributed by atoms with E-state index in [0.29, 0.717) is 0 Å². The zero-order valence-electron chi connectivity index (χ0n) is 14.4. The predicted molar refractivity (Wildman–Crippen MR) is 87.5 cm³/mol. The summed E-state index contributed by atoms with van der Waals surface area (Å²) in [7, 11) is 0. The molecular weight excluding hydrogens is 260 g/mol.